The highest BCUT2D eigenvalue weighted by atomic mass is 16.5. The lowest BCUT2D eigenvalue weighted by Gasteiger charge is -2.23. The topological polar surface area (TPSA) is 53.1 Å². The predicted molar refractivity (Wildman–Crippen MR) is 60.6 cm³/mol. The maximum atomic E-state index is 6.15. The first kappa shape index (κ1) is 12.2. The number of rotatable bonds is 6. The summed E-state index contributed by atoms with van der Waals surface area (Å²) >= 11 is 0. The van der Waals surface area contributed by atoms with Crippen LogP contribution in [0, 0.1) is 0 Å². The van der Waals surface area contributed by atoms with E-state index in [1.54, 1.807) is 7.11 Å². The Labute approximate surface area is 91.4 Å². The van der Waals surface area contributed by atoms with Crippen LogP contribution in [0.15, 0.2) is 12.4 Å². The molecule has 0 radical (unpaired) electrons. The van der Waals surface area contributed by atoms with Crippen LogP contribution in [0.4, 0.5) is 0 Å². The Hall–Kier alpha value is -0.870. The molecule has 0 saturated heterocycles. The lowest BCUT2D eigenvalue weighted by molar-refractivity contribution is 0.169. The maximum absolute atomic E-state index is 6.15. The van der Waals surface area contributed by atoms with Crippen molar-refractivity contribution in [3.05, 3.63) is 18.0 Å². The number of hydrogen-bond acceptors (Lipinski definition) is 3. The van der Waals surface area contributed by atoms with Gasteiger partial charge in [0.2, 0.25) is 0 Å². The second kappa shape index (κ2) is 5.28. The molecule has 0 spiro atoms. The van der Waals surface area contributed by atoms with E-state index in [0.29, 0.717) is 0 Å². The van der Waals surface area contributed by atoms with E-state index in [-0.39, 0.29) is 5.54 Å². The third-order valence-electron chi connectivity index (χ3n) is 2.62. The zero-order valence-corrected chi connectivity index (χ0v) is 9.86. The summed E-state index contributed by atoms with van der Waals surface area (Å²) in [5.74, 6) is 0. The third kappa shape index (κ3) is 4.44. The van der Waals surface area contributed by atoms with Gasteiger partial charge < -0.3 is 10.5 Å². The van der Waals surface area contributed by atoms with Crippen LogP contribution in [0.5, 0.6) is 0 Å². The zero-order valence-electron chi connectivity index (χ0n) is 9.86. The summed E-state index contributed by atoms with van der Waals surface area (Å²) in [7, 11) is 3.63. The standard InChI is InChI=1S/C11H21N3O/c1-11(12,6-7-15-3)5-4-10-8-13-14(2)9-10/h8-9H,4-7,12H2,1-3H3. The van der Waals surface area contributed by atoms with Crippen molar-refractivity contribution < 1.29 is 4.74 Å². The number of methoxy groups -OCH3 is 1. The Morgan fingerprint density at radius 1 is 1.53 bits per heavy atom. The Morgan fingerprint density at radius 3 is 2.80 bits per heavy atom. The molecule has 4 heteroatoms. The molecule has 0 bridgehead atoms. The molecular formula is C11H21N3O. The molecule has 1 aromatic rings. The molecule has 86 valence electrons. The van der Waals surface area contributed by atoms with E-state index in [2.05, 4.69) is 12.0 Å². The SMILES string of the molecule is COCCC(C)(N)CCc1cnn(C)c1. The van der Waals surface area contributed by atoms with Crippen LogP contribution in [0.1, 0.15) is 25.3 Å². The highest BCUT2D eigenvalue weighted by Crippen LogP contribution is 2.14. The normalized spacial score (nSPS) is 15.2. The van der Waals surface area contributed by atoms with Crippen molar-refractivity contribution in [2.45, 2.75) is 31.7 Å². The van der Waals surface area contributed by atoms with E-state index in [1.807, 2.05) is 24.1 Å². The minimum absolute atomic E-state index is 0.147. The number of nitrogens with zero attached hydrogens (tertiary/aromatic N) is 2. The number of aryl methyl sites for hydroxylation is 2. The minimum Gasteiger partial charge on any atom is -0.385 e. The summed E-state index contributed by atoms with van der Waals surface area (Å²) in [6, 6.07) is 0. The van der Waals surface area contributed by atoms with Gasteiger partial charge in [0, 0.05) is 32.5 Å². The molecule has 0 aliphatic carbocycles. The molecule has 0 aromatic carbocycles. The lowest BCUT2D eigenvalue weighted by atomic mass is 9.92. The van der Waals surface area contributed by atoms with Gasteiger partial charge in [0.05, 0.1) is 6.20 Å². The van der Waals surface area contributed by atoms with Crippen molar-refractivity contribution in [1.29, 1.82) is 0 Å². The fraction of sp³-hybridized carbons (Fsp3) is 0.727. The first-order valence-electron chi connectivity index (χ1n) is 5.29. The predicted octanol–water partition coefficient (Wildman–Crippen LogP) is 1.11. The number of aromatic nitrogens is 2. The Balaban J connectivity index is 2.35. The van der Waals surface area contributed by atoms with Crippen LogP contribution in [0.3, 0.4) is 0 Å². The summed E-state index contributed by atoms with van der Waals surface area (Å²) in [6.07, 6.45) is 6.76. The van der Waals surface area contributed by atoms with Gasteiger partial charge in [-0.05, 0) is 31.7 Å². The summed E-state index contributed by atoms with van der Waals surface area (Å²) in [5, 5.41) is 4.13. The summed E-state index contributed by atoms with van der Waals surface area (Å²) in [6.45, 7) is 2.79. The Morgan fingerprint density at radius 2 is 2.27 bits per heavy atom. The third-order valence-corrected chi connectivity index (χ3v) is 2.62. The molecule has 4 nitrogen and oxygen atoms in total. The molecule has 1 heterocycles. The molecular weight excluding hydrogens is 190 g/mol. The van der Waals surface area contributed by atoms with E-state index in [4.69, 9.17) is 10.5 Å². The molecule has 1 unspecified atom stereocenters. The van der Waals surface area contributed by atoms with Crippen LogP contribution in [0.2, 0.25) is 0 Å². The van der Waals surface area contributed by atoms with Gasteiger partial charge in [-0.1, -0.05) is 0 Å². The van der Waals surface area contributed by atoms with Gasteiger partial charge in [-0.25, -0.2) is 0 Å². The molecule has 0 aliphatic heterocycles. The molecule has 0 fully saturated rings. The number of ether oxygens (including phenoxy) is 1. The molecule has 1 aromatic heterocycles. The summed E-state index contributed by atoms with van der Waals surface area (Å²) in [4.78, 5) is 0. The summed E-state index contributed by atoms with van der Waals surface area (Å²) < 4.78 is 6.86. The zero-order chi connectivity index (χ0) is 11.3. The van der Waals surface area contributed by atoms with Gasteiger partial charge in [0.15, 0.2) is 0 Å². The fourth-order valence-electron chi connectivity index (χ4n) is 1.49. The largest absolute Gasteiger partial charge is 0.385 e. The molecule has 0 amide bonds. The Kier molecular flexibility index (Phi) is 4.29. The molecule has 1 atom stereocenters. The van der Waals surface area contributed by atoms with Gasteiger partial charge in [0.25, 0.3) is 0 Å². The van der Waals surface area contributed by atoms with E-state index >= 15 is 0 Å². The van der Waals surface area contributed by atoms with Crippen LogP contribution < -0.4 is 5.73 Å². The van der Waals surface area contributed by atoms with Crippen molar-refractivity contribution in [2.75, 3.05) is 13.7 Å². The first-order valence-corrected chi connectivity index (χ1v) is 5.29. The van der Waals surface area contributed by atoms with Crippen LogP contribution in [-0.2, 0) is 18.2 Å². The average Bonchev–Trinajstić information content (AvgIpc) is 2.59. The number of nitrogens with two attached hydrogens (primary N) is 1. The van der Waals surface area contributed by atoms with Crippen LogP contribution in [-0.4, -0.2) is 29.0 Å². The lowest BCUT2D eigenvalue weighted by Crippen LogP contribution is -2.37. The van der Waals surface area contributed by atoms with Crippen LogP contribution in [0.25, 0.3) is 0 Å². The van der Waals surface area contributed by atoms with Gasteiger partial charge in [-0.15, -0.1) is 0 Å². The van der Waals surface area contributed by atoms with Gasteiger partial charge in [0.1, 0.15) is 0 Å². The van der Waals surface area contributed by atoms with Gasteiger partial charge >= 0.3 is 0 Å². The van der Waals surface area contributed by atoms with Gasteiger partial charge in [-0.2, -0.15) is 5.10 Å². The molecule has 2 N–H and O–H groups in total. The molecule has 15 heavy (non-hydrogen) atoms. The van der Waals surface area contributed by atoms with Crippen molar-refractivity contribution >= 4 is 0 Å². The molecule has 0 aliphatic rings. The molecule has 0 saturated carbocycles. The quantitative estimate of drug-likeness (QED) is 0.766. The maximum Gasteiger partial charge on any atom is 0.0521 e. The second-order valence-corrected chi connectivity index (χ2v) is 4.42. The van der Waals surface area contributed by atoms with Crippen molar-refractivity contribution in [1.82, 2.24) is 9.78 Å². The smallest absolute Gasteiger partial charge is 0.0521 e. The van der Waals surface area contributed by atoms with Gasteiger partial charge in [-0.3, -0.25) is 4.68 Å². The Bertz CT molecular complexity index is 294. The van der Waals surface area contributed by atoms with E-state index < -0.39 is 0 Å². The number of hydrogen-bond donors (Lipinski definition) is 1. The van der Waals surface area contributed by atoms with Crippen molar-refractivity contribution in [3.8, 4) is 0 Å². The molecule has 1 rings (SSSR count). The highest BCUT2D eigenvalue weighted by Gasteiger charge is 2.17. The minimum atomic E-state index is -0.147. The van der Waals surface area contributed by atoms with Crippen molar-refractivity contribution in [3.63, 3.8) is 0 Å². The summed E-state index contributed by atoms with van der Waals surface area (Å²) in [5.41, 5.74) is 7.25. The van der Waals surface area contributed by atoms with E-state index in [1.165, 1.54) is 5.56 Å². The highest BCUT2D eigenvalue weighted by molar-refractivity contribution is 5.04. The average molecular weight is 211 g/mol. The fourth-order valence-corrected chi connectivity index (χ4v) is 1.49. The monoisotopic (exact) mass is 211 g/mol. The van der Waals surface area contributed by atoms with E-state index in [9.17, 15) is 0 Å². The second-order valence-electron chi connectivity index (χ2n) is 4.42. The van der Waals surface area contributed by atoms with Crippen molar-refractivity contribution in [2.24, 2.45) is 12.8 Å². The van der Waals surface area contributed by atoms with E-state index in [0.717, 1.165) is 25.9 Å². The first-order chi connectivity index (χ1) is 7.03. The van der Waals surface area contributed by atoms with Crippen LogP contribution >= 0.6 is 0 Å².